The number of hydrogen-bond acceptors (Lipinski definition) is 2. The SMILES string of the molecule is CCOC1CCC(OCC2CCC(C)CC2)C(C)C1C. The lowest BCUT2D eigenvalue weighted by atomic mass is 9.77. The zero-order valence-corrected chi connectivity index (χ0v) is 13.9. The summed E-state index contributed by atoms with van der Waals surface area (Å²) in [5, 5.41) is 0. The van der Waals surface area contributed by atoms with E-state index in [4.69, 9.17) is 9.47 Å². The summed E-state index contributed by atoms with van der Waals surface area (Å²) < 4.78 is 12.2. The Morgan fingerprint density at radius 1 is 0.750 bits per heavy atom. The average Bonchev–Trinajstić information content (AvgIpc) is 2.45. The van der Waals surface area contributed by atoms with Gasteiger partial charge in [0.25, 0.3) is 0 Å². The largest absolute Gasteiger partial charge is 0.378 e. The van der Waals surface area contributed by atoms with E-state index in [1.54, 1.807) is 0 Å². The van der Waals surface area contributed by atoms with Crippen LogP contribution in [-0.4, -0.2) is 25.4 Å². The fourth-order valence-electron chi connectivity index (χ4n) is 3.97. The van der Waals surface area contributed by atoms with Crippen LogP contribution < -0.4 is 0 Å². The normalized spacial score (nSPS) is 42.6. The molecule has 0 spiro atoms. The Morgan fingerprint density at radius 2 is 1.30 bits per heavy atom. The molecule has 2 rings (SSSR count). The molecule has 0 radical (unpaired) electrons. The first-order valence-corrected chi connectivity index (χ1v) is 8.85. The molecule has 0 bridgehead atoms. The average molecular weight is 282 g/mol. The Bertz CT molecular complexity index is 271. The van der Waals surface area contributed by atoms with Gasteiger partial charge < -0.3 is 9.47 Å². The van der Waals surface area contributed by atoms with Crippen molar-refractivity contribution in [2.75, 3.05) is 13.2 Å². The minimum atomic E-state index is 0.449. The summed E-state index contributed by atoms with van der Waals surface area (Å²) >= 11 is 0. The first-order valence-electron chi connectivity index (χ1n) is 8.85. The van der Waals surface area contributed by atoms with Gasteiger partial charge >= 0.3 is 0 Å². The van der Waals surface area contributed by atoms with Crippen molar-refractivity contribution in [1.82, 2.24) is 0 Å². The summed E-state index contributed by atoms with van der Waals surface area (Å²) in [6, 6.07) is 0. The third kappa shape index (κ3) is 4.21. The van der Waals surface area contributed by atoms with E-state index in [1.807, 2.05) is 0 Å². The van der Waals surface area contributed by atoms with E-state index in [0.717, 1.165) is 25.0 Å². The highest BCUT2D eigenvalue weighted by Crippen LogP contribution is 2.35. The Kier molecular flexibility index (Phi) is 6.35. The molecule has 20 heavy (non-hydrogen) atoms. The lowest BCUT2D eigenvalue weighted by Crippen LogP contribution is -2.41. The third-order valence-electron chi connectivity index (χ3n) is 5.80. The van der Waals surface area contributed by atoms with E-state index in [9.17, 15) is 0 Å². The maximum absolute atomic E-state index is 6.31. The Balaban J connectivity index is 1.73. The molecule has 0 amide bonds. The van der Waals surface area contributed by atoms with E-state index >= 15 is 0 Å². The summed E-state index contributed by atoms with van der Waals surface area (Å²) in [6.07, 6.45) is 8.81. The molecule has 0 saturated heterocycles. The molecule has 2 nitrogen and oxygen atoms in total. The Morgan fingerprint density at radius 3 is 1.85 bits per heavy atom. The van der Waals surface area contributed by atoms with Crippen molar-refractivity contribution in [2.24, 2.45) is 23.7 Å². The van der Waals surface area contributed by atoms with Gasteiger partial charge in [0.2, 0.25) is 0 Å². The molecular formula is C18H34O2. The maximum Gasteiger partial charge on any atom is 0.0605 e. The maximum atomic E-state index is 6.31. The highest BCUT2D eigenvalue weighted by atomic mass is 16.5. The molecule has 118 valence electrons. The third-order valence-corrected chi connectivity index (χ3v) is 5.80. The Labute approximate surface area is 125 Å². The van der Waals surface area contributed by atoms with Crippen molar-refractivity contribution in [3.05, 3.63) is 0 Å². The minimum Gasteiger partial charge on any atom is -0.378 e. The molecule has 0 aliphatic heterocycles. The quantitative estimate of drug-likeness (QED) is 0.729. The molecule has 4 unspecified atom stereocenters. The first-order chi connectivity index (χ1) is 9.61. The van der Waals surface area contributed by atoms with E-state index < -0.39 is 0 Å². The number of ether oxygens (including phenoxy) is 2. The fourth-order valence-corrected chi connectivity index (χ4v) is 3.97. The van der Waals surface area contributed by atoms with Gasteiger partial charge in [-0.25, -0.2) is 0 Å². The van der Waals surface area contributed by atoms with Crippen LogP contribution in [0.3, 0.4) is 0 Å². The van der Waals surface area contributed by atoms with Crippen LogP contribution in [0.1, 0.15) is 66.2 Å². The zero-order valence-electron chi connectivity index (χ0n) is 13.9. The first kappa shape index (κ1) is 16.3. The molecular weight excluding hydrogens is 248 g/mol. The second kappa shape index (κ2) is 7.79. The smallest absolute Gasteiger partial charge is 0.0605 e. The van der Waals surface area contributed by atoms with Crippen LogP contribution in [0.5, 0.6) is 0 Å². The van der Waals surface area contributed by atoms with Crippen LogP contribution in [0, 0.1) is 23.7 Å². The lowest BCUT2D eigenvalue weighted by molar-refractivity contribution is -0.0968. The summed E-state index contributed by atoms with van der Waals surface area (Å²) in [6.45, 7) is 11.0. The summed E-state index contributed by atoms with van der Waals surface area (Å²) in [5.74, 6) is 3.01. The topological polar surface area (TPSA) is 18.5 Å². The van der Waals surface area contributed by atoms with Gasteiger partial charge in [-0.2, -0.15) is 0 Å². The molecule has 0 aromatic heterocycles. The standard InChI is InChI=1S/C18H34O2/c1-5-19-17-10-11-18(15(4)14(17)3)20-12-16-8-6-13(2)7-9-16/h13-18H,5-12H2,1-4H3. The molecule has 0 N–H and O–H groups in total. The van der Waals surface area contributed by atoms with Crippen LogP contribution in [-0.2, 0) is 9.47 Å². The van der Waals surface area contributed by atoms with Gasteiger partial charge in [0.05, 0.1) is 12.2 Å². The summed E-state index contributed by atoms with van der Waals surface area (Å²) in [7, 11) is 0. The molecule has 2 heteroatoms. The van der Waals surface area contributed by atoms with Gasteiger partial charge in [0.1, 0.15) is 0 Å². The molecule has 2 aliphatic rings. The predicted octanol–water partition coefficient (Wildman–Crippen LogP) is 4.67. The van der Waals surface area contributed by atoms with Gasteiger partial charge in [-0.3, -0.25) is 0 Å². The molecule has 4 atom stereocenters. The van der Waals surface area contributed by atoms with Crippen molar-refractivity contribution in [1.29, 1.82) is 0 Å². The number of rotatable bonds is 5. The molecule has 2 fully saturated rings. The molecule has 0 heterocycles. The van der Waals surface area contributed by atoms with E-state index in [1.165, 1.54) is 38.5 Å². The molecule has 2 aliphatic carbocycles. The van der Waals surface area contributed by atoms with Gasteiger partial charge in [0, 0.05) is 13.2 Å². The second-order valence-electron chi connectivity index (χ2n) is 7.29. The van der Waals surface area contributed by atoms with Crippen molar-refractivity contribution < 1.29 is 9.47 Å². The predicted molar refractivity (Wildman–Crippen MR) is 83.8 cm³/mol. The highest BCUT2D eigenvalue weighted by Gasteiger charge is 2.35. The van der Waals surface area contributed by atoms with Crippen LogP contribution in [0.15, 0.2) is 0 Å². The second-order valence-corrected chi connectivity index (χ2v) is 7.29. The van der Waals surface area contributed by atoms with E-state index in [-0.39, 0.29) is 0 Å². The fraction of sp³-hybridized carbons (Fsp3) is 1.00. The number of hydrogen-bond donors (Lipinski definition) is 0. The zero-order chi connectivity index (χ0) is 14.5. The van der Waals surface area contributed by atoms with Crippen LogP contribution >= 0.6 is 0 Å². The van der Waals surface area contributed by atoms with E-state index in [0.29, 0.717) is 24.0 Å². The van der Waals surface area contributed by atoms with Gasteiger partial charge in [-0.1, -0.05) is 33.6 Å². The Hall–Kier alpha value is -0.0800. The molecule has 0 aromatic rings. The van der Waals surface area contributed by atoms with Crippen LogP contribution in [0.2, 0.25) is 0 Å². The van der Waals surface area contributed by atoms with Crippen molar-refractivity contribution >= 4 is 0 Å². The summed E-state index contributed by atoms with van der Waals surface area (Å²) in [4.78, 5) is 0. The van der Waals surface area contributed by atoms with Crippen molar-refractivity contribution in [2.45, 2.75) is 78.4 Å². The molecule has 2 saturated carbocycles. The van der Waals surface area contributed by atoms with Crippen molar-refractivity contribution in [3.63, 3.8) is 0 Å². The minimum absolute atomic E-state index is 0.449. The highest BCUT2D eigenvalue weighted by molar-refractivity contribution is 4.85. The van der Waals surface area contributed by atoms with Crippen LogP contribution in [0.4, 0.5) is 0 Å². The van der Waals surface area contributed by atoms with Crippen LogP contribution in [0.25, 0.3) is 0 Å². The summed E-state index contributed by atoms with van der Waals surface area (Å²) in [5.41, 5.74) is 0. The monoisotopic (exact) mass is 282 g/mol. The van der Waals surface area contributed by atoms with Gasteiger partial charge in [0.15, 0.2) is 0 Å². The molecule has 0 aromatic carbocycles. The van der Waals surface area contributed by atoms with E-state index in [2.05, 4.69) is 27.7 Å². The van der Waals surface area contributed by atoms with Crippen molar-refractivity contribution in [3.8, 4) is 0 Å². The van der Waals surface area contributed by atoms with Gasteiger partial charge in [-0.05, 0) is 56.3 Å². The van der Waals surface area contributed by atoms with Gasteiger partial charge in [-0.15, -0.1) is 0 Å². The lowest BCUT2D eigenvalue weighted by Gasteiger charge is -2.40.